The number of nitrogens with zero attached hydrogens (tertiary/aromatic N) is 1. The second-order valence-electron chi connectivity index (χ2n) is 3.21. The van der Waals surface area contributed by atoms with Gasteiger partial charge in [0.25, 0.3) is 10.0 Å². The van der Waals surface area contributed by atoms with Crippen LogP contribution in [0.4, 0.5) is 11.4 Å². The maximum atomic E-state index is 12.0. The molecule has 8 heteroatoms. The number of aromatic nitrogens is 1. The molecule has 6 nitrogen and oxygen atoms in total. The molecule has 0 bridgehead atoms. The molecule has 2 aromatic rings. The average Bonchev–Trinajstić information content (AvgIpc) is 2.68. The van der Waals surface area contributed by atoms with Gasteiger partial charge >= 0.3 is 0 Å². The summed E-state index contributed by atoms with van der Waals surface area (Å²) in [5.74, 6) is 0. The second-order valence-corrected chi connectivity index (χ2v) is 5.71. The first-order valence-electron chi connectivity index (χ1n) is 4.46. The number of rotatable bonds is 3. The van der Waals surface area contributed by atoms with Crippen LogP contribution in [-0.4, -0.2) is 13.6 Å². The Labute approximate surface area is 106 Å². The first kappa shape index (κ1) is 11.9. The third kappa shape index (κ3) is 2.59. The predicted octanol–water partition coefficient (Wildman–Crippen LogP) is 1.82. The molecule has 0 aliphatic carbocycles. The van der Waals surface area contributed by atoms with Crippen LogP contribution in [0.15, 0.2) is 44.6 Å². The molecule has 0 unspecified atom stereocenters. The van der Waals surface area contributed by atoms with Crippen LogP contribution in [0.2, 0.25) is 0 Å². The fourth-order valence-corrected chi connectivity index (χ4v) is 3.32. The fraction of sp³-hybridized carbons (Fsp3) is 0. The number of hydrogen-bond acceptors (Lipinski definition) is 5. The summed E-state index contributed by atoms with van der Waals surface area (Å²) in [5, 5.41) is 3.40. The number of nitrogens with two attached hydrogens (primary N) is 1. The molecule has 1 aromatic heterocycles. The van der Waals surface area contributed by atoms with E-state index in [1.165, 1.54) is 30.7 Å². The normalized spacial score (nSPS) is 11.4. The molecule has 0 aliphatic rings. The lowest BCUT2D eigenvalue weighted by Gasteiger charge is -2.07. The van der Waals surface area contributed by atoms with Crippen LogP contribution in [0, 0.1) is 0 Å². The highest BCUT2D eigenvalue weighted by atomic mass is 79.9. The van der Waals surface area contributed by atoms with Gasteiger partial charge in [0.1, 0.15) is 16.8 Å². The highest BCUT2D eigenvalue weighted by molar-refractivity contribution is 9.10. The smallest absolute Gasteiger partial charge is 0.263 e. The van der Waals surface area contributed by atoms with E-state index in [0.717, 1.165) is 0 Å². The molecule has 17 heavy (non-hydrogen) atoms. The van der Waals surface area contributed by atoms with Crippen molar-refractivity contribution < 1.29 is 12.9 Å². The van der Waals surface area contributed by atoms with Crippen molar-refractivity contribution in [3.8, 4) is 0 Å². The highest BCUT2D eigenvalue weighted by Crippen LogP contribution is 2.25. The van der Waals surface area contributed by atoms with Gasteiger partial charge in [-0.15, -0.1) is 0 Å². The van der Waals surface area contributed by atoms with Crippen molar-refractivity contribution in [3.05, 3.63) is 35.1 Å². The molecule has 2 rings (SSSR count). The van der Waals surface area contributed by atoms with Crippen molar-refractivity contribution in [1.29, 1.82) is 0 Å². The van der Waals surface area contributed by atoms with Crippen LogP contribution in [0.5, 0.6) is 0 Å². The number of sulfonamides is 1. The van der Waals surface area contributed by atoms with E-state index in [1.807, 2.05) is 0 Å². The zero-order valence-corrected chi connectivity index (χ0v) is 10.8. The number of halogens is 1. The standard InChI is InChI=1S/C9H8BrN3O3S/c10-8-3-6(11)1-2-9(8)17(14,15)13-7-4-12-16-5-7/h1-5,13H,11H2. The van der Waals surface area contributed by atoms with Crippen molar-refractivity contribution in [1.82, 2.24) is 5.16 Å². The third-order valence-electron chi connectivity index (χ3n) is 1.93. The van der Waals surface area contributed by atoms with E-state index in [-0.39, 0.29) is 10.6 Å². The van der Waals surface area contributed by atoms with Gasteiger partial charge < -0.3 is 10.3 Å². The Balaban J connectivity index is 2.38. The molecule has 0 saturated carbocycles. The van der Waals surface area contributed by atoms with Gasteiger partial charge in [0.15, 0.2) is 0 Å². The number of anilines is 2. The molecule has 0 saturated heterocycles. The molecule has 1 aromatic carbocycles. The minimum absolute atomic E-state index is 0.0906. The summed E-state index contributed by atoms with van der Waals surface area (Å²) < 4.78 is 31.2. The minimum atomic E-state index is -3.68. The Kier molecular flexibility index (Phi) is 3.07. The molecule has 0 aliphatic heterocycles. The van der Waals surface area contributed by atoms with E-state index >= 15 is 0 Å². The lowest BCUT2D eigenvalue weighted by atomic mass is 10.3. The molecule has 0 spiro atoms. The summed E-state index contributed by atoms with van der Waals surface area (Å²) in [4.78, 5) is 0.0906. The van der Waals surface area contributed by atoms with Crippen LogP contribution in [0.3, 0.4) is 0 Å². The molecule has 0 radical (unpaired) electrons. The van der Waals surface area contributed by atoms with Gasteiger partial charge in [0.05, 0.1) is 6.20 Å². The molecule has 3 N–H and O–H groups in total. The Morgan fingerprint density at radius 1 is 1.41 bits per heavy atom. The zero-order valence-electron chi connectivity index (χ0n) is 8.42. The molecule has 1 heterocycles. The van der Waals surface area contributed by atoms with E-state index in [9.17, 15) is 8.42 Å². The van der Waals surface area contributed by atoms with Gasteiger partial charge in [-0.25, -0.2) is 8.42 Å². The van der Waals surface area contributed by atoms with E-state index in [2.05, 4.69) is 30.3 Å². The van der Waals surface area contributed by atoms with Crippen molar-refractivity contribution in [2.24, 2.45) is 0 Å². The maximum absolute atomic E-state index is 12.0. The highest BCUT2D eigenvalue weighted by Gasteiger charge is 2.18. The SMILES string of the molecule is Nc1ccc(S(=O)(=O)Nc2cnoc2)c(Br)c1. The van der Waals surface area contributed by atoms with E-state index < -0.39 is 10.0 Å². The first-order chi connectivity index (χ1) is 7.99. The maximum Gasteiger partial charge on any atom is 0.263 e. The van der Waals surface area contributed by atoms with Gasteiger partial charge in [-0.05, 0) is 34.1 Å². The summed E-state index contributed by atoms with van der Waals surface area (Å²) in [6.07, 6.45) is 2.46. The summed E-state index contributed by atoms with van der Waals surface area (Å²) in [6.45, 7) is 0. The monoisotopic (exact) mass is 317 g/mol. The Bertz CT molecular complexity index is 625. The number of nitrogen functional groups attached to an aromatic ring is 1. The molecule has 90 valence electrons. The molecule has 0 fully saturated rings. The average molecular weight is 318 g/mol. The van der Waals surface area contributed by atoms with Crippen LogP contribution < -0.4 is 10.5 Å². The predicted molar refractivity (Wildman–Crippen MR) is 65.9 cm³/mol. The van der Waals surface area contributed by atoms with E-state index in [0.29, 0.717) is 10.2 Å². The Morgan fingerprint density at radius 2 is 2.18 bits per heavy atom. The van der Waals surface area contributed by atoms with Crippen LogP contribution >= 0.6 is 15.9 Å². The van der Waals surface area contributed by atoms with Crippen LogP contribution in [0.25, 0.3) is 0 Å². The lowest BCUT2D eigenvalue weighted by molar-refractivity contribution is 0.420. The first-order valence-corrected chi connectivity index (χ1v) is 6.74. The Morgan fingerprint density at radius 3 is 2.76 bits per heavy atom. The number of nitrogens with one attached hydrogen (secondary N) is 1. The largest absolute Gasteiger partial charge is 0.399 e. The van der Waals surface area contributed by atoms with Crippen molar-refractivity contribution >= 4 is 37.3 Å². The summed E-state index contributed by atoms with van der Waals surface area (Å²) in [7, 11) is -3.68. The molecule has 0 atom stereocenters. The minimum Gasteiger partial charge on any atom is -0.399 e. The quantitative estimate of drug-likeness (QED) is 0.841. The van der Waals surface area contributed by atoms with Crippen molar-refractivity contribution in [2.45, 2.75) is 4.90 Å². The third-order valence-corrected chi connectivity index (χ3v) is 4.29. The Hall–Kier alpha value is -1.54. The summed E-state index contributed by atoms with van der Waals surface area (Å²) >= 11 is 3.15. The number of benzene rings is 1. The topological polar surface area (TPSA) is 98.2 Å². The van der Waals surface area contributed by atoms with Crippen LogP contribution in [0.1, 0.15) is 0 Å². The van der Waals surface area contributed by atoms with Gasteiger partial charge in [0, 0.05) is 10.2 Å². The number of hydrogen-bond donors (Lipinski definition) is 2. The van der Waals surface area contributed by atoms with E-state index in [1.54, 1.807) is 0 Å². The van der Waals surface area contributed by atoms with Gasteiger partial charge in [0.2, 0.25) is 0 Å². The summed E-state index contributed by atoms with van der Waals surface area (Å²) in [6, 6.07) is 4.43. The van der Waals surface area contributed by atoms with Gasteiger partial charge in [-0.3, -0.25) is 4.72 Å². The summed E-state index contributed by atoms with van der Waals surface area (Å²) in [5.41, 5.74) is 6.27. The van der Waals surface area contributed by atoms with Crippen molar-refractivity contribution in [3.63, 3.8) is 0 Å². The second kappa shape index (κ2) is 4.38. The fourth-order valence-electron chi connectivity index (χ4n) is 1.20. The van der Waals surface area contributed by atoms with Gasteiger partial charge in [-0.1, -0.05) is 5.16 Å². The van der Waals surface area contributed by atoms with Crippen LogP contribution in [-0.2, 0) is 10.0 Å². The zero-order chi connectivity index (χ0) is 12.5. The molecular formula is C9H8BrN3O3S. The van der Waals surface area contributed by atoms with E-state index in [4.69, 9.17) is 5.73 Å². The van der Waals surface area contributed by atoms with Crippen molar-refractivity contribution in [2.75, 3.05) is 10.5 Å². The van der Waals surface area contributed by atoms with Gasteiger partial charge in [-0.2, -0.15) is 0 Å². The molecule has 0 amide bonds. The lowest BCUT2D eigenvalue weighted by Crippen LogP contribution is -2.13. The molecular weight excluding hydrogens is 310 g/mol.